The Morgan fingerprint density at radius 1 is 1.02 bits per heavy atom. The normalized spacial score (nSPS) is 16.3. The second-order valence-electron chi connectivity index (χ2n) is 9.60. The number of nitrogens with two attached hydrogens (primary N) is 2. The standard InChI is InChI=1S/C31H40N4O2.CH3Cl.CH4/c1-3-10-27(4-2)30(36)35(22-25-17-15-24(16-18-25)21-34-31(32)33)20-19-28-13-8-9-14-29(28)37-23-26-11-6-5-7-12-26;1-2;/h3-14,24-25H,1-2,15-23H2,(H4,32,33,34);1H3;1H4/b27-10+;;. The summed E-state index contributed by atoms with van der Waals surface area (Å²) in [4.78, 5) is 19.6. The van der Waals surface area contributed by atoms with E-state index in [0.29, 0.717) is 50.1 Å². The summed E-state index contributed by atoms with van der Waals surface area (Å²) in [5.74, 6) is 1.93. The quantitative estimate of drug-likeness (QED) is 0.0950. The number of carbonyl (C=O) groups excluding carboxylic acids is 1. The monoisotopic (exact) mass is 566 g/mol. The van der Waals surface area contributed by atoms with E-state index in [2.05, 4.69) is 48.0 Å². The topological polar surface area (TPSA) is 93.9 Å². The molecule has 0 unspecified atom stereocenters. The van der Waals surface area contributed by atoms with Crippen LogP contribution in [0.1, 0.15) is 44.2 Å². The molecule has 1 aliphatic rings. The molecule has 0 spiro atoms. The van der Waals surface area contributed by atoms with Crippen molar-refractivity contribution in [1.29, 1.82) is 0 Å². The number of guanidine groups is 1. The summed E-state index contributed by atoms with van der Waals surface area (Å²) < 4.78 is 6.15. The van der Waals surface area contributed by atoms with Crippen molar-refractivity contribution in [1.82, 2.24) is 4.90 Å². The molecule has 1 fully saturated rings. The third kappa shape index (κ3) is 11.7. The van der Waals surface area contributed by atoms with Gasteiger partial charge in [0.05, 0.1) is 0 Å². The second-order valence-corrected chi connectivity index (χ2v) is 9.60. The Labute approximate surface area is 246 Å². The lowest BCUT2D eigenvalue weighted by atomic mass is 9.81. The first kappa shape index (κ1) is 34.5. The van der Waals surface area contributed by atoms with E-state index in [1.54, 1.807) is 18.2 Å². The van der Waals surface area contributed by atoms with Gasteiger partial charge >= 0.3 is 0 Å². The molecule has 7 heteroatoms. The Morgan fingerprint density at radius 3 is 2.27 bits per heavy atom. The van der Waals surface area contributed by atoms with Gasteiger partial charge in [-0.2, -0.15) is 0 Å². The molecule has 2 aromatic rings. The van der Waals surface area contributed by atoms with Gasteiger partial charge in [-0.3, -0.25) is 9.79 Å². The lowest BCUT2D eigenvalue weighted by molar-refractivity contribution is -0.127. The minimum atomic E-state index is -0.0137. The van der Waals surface area contributed by atoms with Crippen LogP contribution in [0, 0.1) is 11.8 Å². The Kier molecular flexibility index (Phi) is 16.9. The number of nitrogens with zero attached hydrogens (tertiary/aromatic N) is 2. The predicted octanol–water partition coefficient (Wildman–Crippen LogP) is 6.51. The molecule has 0 aliphatic heterocycles. The number of hydrogen-bond donors (Lipinski definition) is 2. The van der Waals surface area contributed by atoms with Gasteiger partial charge < -0.3 is 21.1 Å². The number of hydrogen-bond acceptors (Lipinski definition) is 3. The first-order valence-corrected chi connectivity index (χ1v) is 14.2. The number of allylic oxidation sites excluding steroid dienone is 2. The number of benzene rings is 2. The lowest BCUT2D eigenvalue weighted by Gasteiger charge is -2.33. The molecule has 2 aromatic carbocycles. The Hall–Kier alpha value is -3.51. The fraction of sp³-hybridized carbons (Fsp3) is 0.394. The van der Waals surface area contributed by atoms with E-state index in [4.69, 9.17) is 16.2 Å². The van der Waals surface area contributed by atoms with Gasteiger partial charge in [-0.05, 0) is 61.1 Å². The van der Waals surface area contributed by atoms with Crippen LogP contribution in [0.3, 0.4) is 0 Å². The fourth-order valence-corrected chi connectivity index (χ4v) is 4.80. The van der Waals surface area contributed by atoms with E-state index in [1.165, 1.54) is 6.38 Å². The third-order valence-electron chi connectivity index (χ3n) is 6.89. The molecule has 1 amide bonds. The number of para-hydroxylation sites is 1. The van der Waals surface area contributed by atoms with Crippen LogP contribution in [-0.4, -0.2) is 42.8 Å². The zero-order valence-electron chi connectivity index (χ0n) is 23.1. The van der Waals surface area contributed by atoms with Crippen LogP contribution >= 0.6 is 11.6 Å². The number of halogens is 1. The summed E-state index contributed by atoms with van der Waals surface area (Å²) in [6.45, 7) is 10.1. The summed E-state index contributed by atoms with van der Waals surface area (Å²) in [5.41, 5.74) is 13.8. The molecule has 4 N–H and O–H groups in total. The highest BCUT2D eigenvalue weighted by Crippen LogP contribution is 2.30. The van der Waals surface area contributed by atoms with Gasteiger partial charge in [0.1, 0.15) is 12.4 Å². The number of aliphatic imine (C=N–C) groups is 1. The molecule has 0 radical (unpaired) electrons. The van der Waals surface area contributed by atoms with Crippen LogP contribution in [0.25, 0.3) is 0 Å². The summed E-state index contributed by atoms with van der Waals surface area (Å²) in [6, 6.07) is 18.2. The lowest BCUT2D eigenvalue weighted by Crippen LogP contribution is -2.38. The van der Waals surface area contributed by atoms with Gasteiger partial charge in [-0.25, -0.2) is 0 Å². The Morgan fingerprint density at radius 2 is 1.65 bits per heavy atom. The minimum absolute atomic E-state index is 0. The fourth-order valence-electron chi connectivity index (χ4n) is 4.80. The van der Waals surface area contributed by atoms with Gasteiger partial charge in [0, 0.05) is 31.6 Å². The van der Waals surface area contributed by atoms with E-state index < -0.39 is 0 Å². The van der Waals surface area contributed by atoms with Crippen molar-refractivity contribution < 1.29 is 9.53 Å². The number of carbonyl (C=O) groups is 1. The van der Waals surface area contributed by atoms with Crippen molar-refractivity contribution in [2.24, 2.45) is 28.3 Å². The molecule has 0 heterocycles. The van der Waals surface area contributed by atoms with Crippen molar-refractivity contribution in [2.45, 2.75) is 46.1 Å². The minimum Gasteiger partial charge on any atom is -0.489 e. The van der Waals surface area contributed by atoms with Gasteiger partial charge in [-0.1, -0.05) is 87.3 Å². The van der Waals surface area contributed by atoms with Crippen molar-refractivity contribution in [2.75, 3.05) is 26.0 Å². The molecule has 6 nitrogen and oxygen atoms in total. The SMILES string of the molecule is C.C=C/C=C(\C=C)C(=O)N(CCc1ccccc1OCc1ccccc1)CC1CCC(CN=C(N)N)CC1.CCl. The Balaban J connectivity index is 0.00000261. The van der Waals surface area contributed by atoms with E-state index in [1.807, 2.05) is 41.3 Å². The Bertz CT molecular complexity index is 1090. The summed E-state index contributed by atoms with van der Waals surface area (Å²) in [6.07, 6.45) is 11.4. The van der Waals surface area contributed by atoms with Gasteiger partial charge in [0.2, 0.25) is 0 Å². The second kappa shape index (κ2) is 19.5. The highest BCUT2D eigenvalue weighted by atomic mass is 35.5. The molecule has 3 rings (SSSR count). The van der Waals surface area contributed by atoms with Crippen LogP contribution in [0.4, 0.5) is 0 Å². The van der Waals surface area contributed by atoms with Gasteiger partial charge in [-0.15, -0.1) is 11.6 Å². The number of rotatable bonds is 13. The summed E-state index contributed by atoms with van der Waals surface area (Å²) >= 11 is 4.64. The van der Waals surface area contributed by atoms with E-state index in [9.17, 15) is 4.79 Å². The maximum atomic E-state index is 13.5. The molecule has 1 saturated carbocycles. The highest BCUT2D eigenvalue weighted by molar-refractivity contribution is 6.15. The van der Waals surface area contributed by atoms with Gasteiger partial charge in [0.25, 0.3) is 5.91 Å². The highest BCUT2D eigenvalue weighted by Gasteiger charge is 2.26. The van der Waals surface area contributed by atoms with Crippen LogP contribution in [0.15, 0.2) is 96.5 Å². The number of alkyl halides is 1. The van der Waals surface area contributed by atoms with Crippen molar-refractivity contribution in [3.05, 3.63) is 103 Å². The maximum Gasteiger partial charge on any atom is 0.253 e. The number of amides is 1. The molecule has 40 heavy (non-hydrogen) atoms. The zero-order chi connectivity index (χ0) is 28.5. The van der Waals surface area contributed by atoms with E-state index in [0.717, 1.165) is 42.6 Å². The predicted molar refractivity (Wildman–Crippen MR) is 171 cm³/mol. The van der Waals surface area contributed by atoms with Crippen LogP contribution < -0.4 is 16.2 Å². The molecule has 1 aliphatic carbocycles. The van der Waals surface area contributed by atoms with Gasteiger partial charge in [0.15, 0.2) is 5.96 Å². The van der Waals surface area contributed by atoms with E-state index in [-0.39, 0.29) is 19.3 Å². The molecular weight excluding hydrogens is 520 g/mol. The van der Waals surface area contributed by atoms with Crippen LogP contribution in [0.2, 0.25) is 0 Å². The molecule has 0 atom stereocenters. The molecule has 0 aromatic heterocycles. The molecule has 0 saturated heterocycles. The maximum absolute atomic E-state index is 13.5. The first-order chi connectivity index (χ1) is 19.0. The summed E-state index contributed by atoms with van der Waals surface area (Å²) in [5, 5.41) is 0. The average Bonchev–Trinajstić information content (AvgIpc) is 2.98. The largest absolute Gasteiger partial charge is 0.489 e. The number of ether oxygens (including phenoxy) is 1. The molecule has 0 bridgehead atoms. The summed E-state index contributed by atoms with van der Waals surface area (Å²) in [7, 11) is 0. The van der Waals surface area contributed by atoms with Crippen molar-refractivity contribution >= 4 is 23.5 Å². The van der Waals surface area contributed by atoms with Crippen LogP contribution in [0.5, 0.6) is 5.75 Å². The zero-order valence-corrected chi connectivity index (χ0v) is 23.9. The molecule has 218 valence electrons. The van der Waals surface area contributed by atoms with Crippen molar-refractivity contribution in [3.8, 4) is 5.75 Å². The van der Waals surface area contributed by atoms with E-state index >= 15 is 0 Å². The third-order valence-corrected chi connectivity index (χ3v) is 6.89. The van der Waals surface area contributed by atoms with Crippen molar-refractivity contribution in [3.63, 3.8) is 0 Å². The molecular formula is C33H47ClN4O2. The first-order valence-electron chi connectivity index (χ1n) is 13.4. The average molecular weight is 567 g/mol. The smallest absolute Gasteiger partial charge is 0.253 e. The van der Waals surface area contributed by atoms with Crippen LogP contribution in [-0.2, 0) is 17.8 Å².